The molecule has 3 aromatic carbocycles. The number of nitrogens with zero attached hydrogens (tertiary/aromatic N) is 2. The molecule has 0 radical (unpaired) electrons. The number of rotatable bonds is 9. The molecular formula is C29H29N3O4. The van der Waals surface area contributed by atoms with Crippen LogP contribution in [0.5, 0.6) is 11.5 Å². The number of amides is 1. The minimum Gasteiger partial charge on any atom is -0.454 e. The summed E-state index contributed by atoms with van der Waals surface area (Å²) >= 11 is 0. The minimum absolute atomic E-state index is 0.136. The van der Waals surface area contributed by atoms with Crippen LogP contribution in [0.2, 0.25) is 0 Å². The third kappa shape index (κ3) is 5.75. The molecule has 2 heterocycles. The van der Waals surface area contributed by atoms with Crippen molar-refractivity contribution in [3.63, 3.8) is 0 Å². The molecule has 1 N–H and O–H groups in total. The first-order valence-electron chi connectivity index (χ1n) is 12.0. The topological polar surface area (TPSA) is 76.8 Å². The highest BCUT2D eigenvalue weighted by Gasteiger charge is 2.19. The van der Waals surface area contributed by atoms with E-state index in [4.69, 9.17) is 13.9 Å². The smallest absolute Gasteiger partial charge is 0.273 e. The van der Waals surface area contributed by atoms with Crippen LogP contribution in [-0.4, -0.2) is 22.6 Å². The highest BCUT2D eigenvalue weighted by atomic mass is 16.7. The van der Waals surface area contributed by atoms with Crippen molar-refractivity contribution in [1.82, 2.24) is 15.2 Å². The monoisotopic (exact) mass is 483 g/mol. The molecule has 1 amide bonds. The van der Waals surface area contributed by atoms with Crippen LogP contribution in [0.25, 0.3) is 0 Å². The highest BCUT2D eigenvalue weighted by molar-refractivity contribution is 5.92. The van der Waals surface area contributed by atoms with Crippen molar-refractivity contribution in [1.29, 1.82) is 0 Å². The number of hydrogen-bond acceptors (Lipinski definition) is 6. The van der Waals surface area contributed by atoms with Crippen molar-refractivity contribution >= 4 is 5.91 Å². The number of carbonyl (C=O) groups excluding carboxylic acids is 1. The van der Waals surface area contributed by atoms with Gasteiger partial charge in [0.1, 0.15) is 6.26 Å². The van der Waals surface area contributed by atoms with E-state index in [1.54, 1.807) is 0 Å². The summed E-state index contributed by atoms with van der Waals surface area (Å²) in [7, 11) is 0. The zero-order valence-electron chi connectivity index (χ0n) is 20.4. The Labute approximate surface area is 210 Å². The van der Waals surface area contributed by atoms with E-state index >= 15 is 0 Å². The molecule has 5 rings (SSSR count). The largest absolute Gasteiger partial charge is 0.454 e. The third-order valence-corrected chi connectivity index (χ3v) is 6.16. The zero-order valence-corrected chi connectivity index (χ0v) is 20.4. The molecule has 7 nitrogen and oxygen atoms in total. The Morgan fingerprint density at radius 1 is 0.944 bits per heavy atom. The van der Waals surface area contributed by atoms with Crippen LogP contribution in [0.3, 0.4) is 0 Å². The van der Waals surface area contributed by atoms with Gasteiger partial charge in [-0.15, -0.1) is 0 Å². The molecule has 0 saturated heterocycles. The van der Waals surface area contributed by atoms with Gasteiger partial charge in [-0.1, -0.05) is 66.2 Å². The second kappa shape index (κ2) is 10.7. The summed E-state index contributed by atoms with van der Waals surface area (Å²) in [6.45, 7) is 6.07. The van der Waals surface area contributed by atoms with Crippen molar-refractivity contribution in [3.05, 3.63) is 113 Å². The number of nitrogens with one attached hydrogen (secondary N) is 1. The van der Waals surface area contributed by atoms with E-state index in [1.807, 2.05) is 55.5 Å². The van der Waals surface area contributed by atoms with Crippen LogP contribution in [0.1, 0.15) is 51.6 Å². The number of fused-ring (bicyclic) bond motifs is 1. The predicted molar refractivity (Wildman–Crippen MR) is 136 cm³/mol. The van der Waals surface area contributed by atoms with E-state index in [1.165, 1.54) is 17.4 Å². The average molecular weight is 484 g/mol. The van der Waals surface area contributed by atoms with Crippen LogP contribution in [0.15, 0.2) is 83.5 Å². The van der Waals surface area contributed by atoms with Crippen LogP contribution in [0, 0.1) is 6.92 Å². The zero-order chi connectivity index (χ0) is 24.9. The molecule has 1 aliphatic heterocycles. The fourth-order valence-electron chi connectivity index (χ4n) is 4.19. The van der Waals surface area contributed by atoms with E-state index in [0.29, 0.717) is 25.5 Å². The van der Waals surface area contributed by atoms with Crippen molar-refractivity contribution in [2.45, 2.75) is 39.5 Å². The van der Waals surface area contributed by atoms with Crippen molar-refractivity contribution < 1.29 is 18.7 Å². The molecule has 7 heteroatoms. The average Bonchev–Trinajstić information content (AvgIpc) is 3.55. The molecule has 1 atom stereocenters. The van der Waals surface area contributed by atoms with Gasteiger partial charge in [0.2, 0.25) is 12.7 Å². The molecule has 1 unspecified atom stereocenters. The SMILES string of the molecule is Cc1ccc(CN(Cc2ccc3c(c2)OCO3)Cc2nc(C(=O)NC(C)c3ccccc3)co2)cc1. The first-order chi connectivity index (χ1) is 17.5. The summed E-state index contributed by atoms with van der Waals surface area (Å²) in [5.41, 5.74) is 4.79. The standard InChI is InChI=1S/C29H29N3O4/c1-20-8-10-22(11-9-20)15-32(16-23-12-13-26-27(14-23)36-19-35-26)17-28-31-25(18-34-28)29(33)30-21(2)24-6-4-3-5-7-24/h3-14,18,21H,15-17,19H2,1-2H3,(H,30,33). The van der Waals surface area contributed by atoms with Gasteiger partial charge in [0.25, 0.3) is 5.91 Å². The number of aryl methyl sites for hydroxylation is 1. The van der Waals surface area contributed by atoms with Gasteiger partial charge >= 0.3 is 0 Å². The van der Waals surface area contributed by atoms with Crippen LogP contribution >= 0.6 is 0 Å². The van der Waals surface area contributed by atoms with E-state index in [2.05, 4.69) is 46.4 Å². The minimum atomic E-state index is -0.262. The summed E-state index contributed by atoms with van der Waals surface area (Å²) in [4.78, 5) is 19.5. The molecule has 36 heavy (non-hydrogen) atoms. The number of hydrogen-bond donors (Lipinski definition) is 1. The number of ether oxygens (including phenoxy) is 2. The molecule has 1 aliphatic rings. The fraction of sp³-hybridized carbons (Fsp3) is 0.241. The first-order valence-corrected chi connectivity index (χ1v) is 12.0. The lowest BCUT2D eigenvalue weighted by molar-refractivity contribution is 0.0934. The van der Waals surface area contributed by atoms with Crippen LogP contribution in [-0.2, 0) is 19.6 Å². The van der Waals surface area contributed by atoms with Gasteiger partial charge in [0.15, 0.2) is 17.2 Å². The van der Waals surface area contributed by atoms with Crippen molar-refractivity contribution in [2.24, 2.45) is 0 Å². The quantitative estimate of drug-likeness (QED) is 0.343. The normalized spacial score (nSPS) is 13.1. The molecule has 0 saturated carbocycles. The maximum Gasteiger partial charge on any atom is 0.273 e. The number of aromatic nitrogens is 1. The Balaban J connectivity index is 1.29. The first kappa shape index (κ1) is 23.6. The molecule has 0 bridgehead atoms. The lowest BCUT2D eigenvalue weighted by Crippen LogP contribution is -2.27. The number of benzene rings is 3. The number of oxazole rings is 1. The Bertz CT molecular complexity index is 1320. The molecule has 1 aromatic heterocycles. The van der Waals surface area contributed by atoms with Gasteiger partial charge in [-0.25, -0.2) is 4.98 Å². The molecule has 4 aromatic rings. The predicted octanol–water partition coefficient (Wildman–Crippen LogP) is 5.41. The van der Waals surface area contributed by atoms with Crippen LogP contribution in [0.4, 0.5) is 0 Å². The molecule has 0 fully saturated rings. The van der Waals surface area contributed by atoms with Gasteiger partial charge in [-0.05, 0) is 42.7 Å². The van der Waals surface area contributed by atoms with Gasteiger partial charge in [-0.2, -0.15) is 0 Å². The second-order valence-corrected chi connectivity index (χ2v) is 9.05. The maximum atomic E-state index is 12.8. The van der Waals surface area contributed by atoms with Gasteiger partial charge < -0.3 is 19.2 Å². The van der Waals surface area contributed by atoms with E-state index in [0.717, 1.165) is 22.6 Å². The summed E-state index contributed by atoms with van der Waals surface area (Å²) in [6.07, 6.45) is 1.42. The Hall–Kier alpha value is -4.10. The van der Waals surface area contributed by atoms with Gasteiger partial charge in [-0.3, -0.25) is 9.69 Å². The Morgan fingerprint density at radius 3 is 2.47 bits per heavy atom. The summed E-state index contributed by atoms with van der Waals surface area (Å²) in [6, 6.07) is 24.1. The van der Waals surface area contributed by atoms with E-state index in [9.17, 15) is 4.79 Å². The summed E-state index contributed by atoms with van der Waals surface area (Å²) < 4.78 is 16.7. The Morgan fingerprint density at radius 2 is 1.67 bits per heavy atom. The van der Waals surface area contributed by atoms with Crippen molar-refractivity contribution in [2.75, 3.05) is 6.79 Å². The fourth-order valence-corrected chi connectivity index (χ4v) is 4.19. The second-order valence-electron chi connectivity index (χ2n) is 9.05. The van der Waals surface area contributed by atoms with Crippen LogP contribution < -0.4 is 14.8 Å². The van der Waals surface area contributed by atoms with E-state index < -0.39 is 0 Å². The molecular weight excluding hydrogens is 454 g/mol. The lowest BCUT2D eigenvalue weighted by atomic mass is 10.1. The number of carbonyl (C=O) groups is 1. The van der Waals surface area contributed by atoms with E-state index in [-0.39, 0.29) is 24.4 Å². The molecule has 184 valence electrons. The van der Waals surface area contributed by atoms with Gasteiger partial charge in [0, 0.05) is 13.1 Å². The maximum absolute atomic E-state index is 12.8. The van der Waals surface area contributed by atoms with Crippen molar-refractivity contribution in [3.8, 4) is 11.5 Å². The molecule has 0 aliphatic carbocycles. The summed E-state index contributed by atoms with van der Waals surface area (Å²) in [5.74, 6) is 1.74. The third-order valence-electron chi connectivity index (χ3n) is 6.16. The summed E-state index contributed by atoms with van der Waals surface area (Å²) in [5, 5.41) is 2.99. The Kier molecular flexibility index (Phi) is 7.00. The molecule has 0 spiro atoms. The lowest BCUT2D eigenvalue weighted by Gasteiger charge is -2.21. The highest BCUT2D eigenvalue weighted by Crippen LogP contribution is 2.33. The van der Waals surface area contributed by atoms with Gasteiger partial charge in [0.05, 0.1) is 12.6 Å².